The molecule has 2 aromatic rings. The molecule has 0 radical (unpaired) electrons. The van der Waals surface area contributed by atoms with E-state index in [0.29, 0.717) is 18.0 Å². The number of furan rings is 1. The quantitative estimate of drug-likeness (QED) is 0.940. The number of nitrogens with one attached hydrogen (secondary N) is 1. The maximum absolute atomic E-state index is 12.0. The highest BCUT2D eigenvalue weighted by molar-refractivity contribution is 5.93. The van der Waals surface area contributed by atoms with Gasteiger partial charge in [-0.2, -0.15) is 0 Å². The molecule has 2 atom stereocenters. The summed E-state index contributed by atoms with van der Waals surface area (Å²) in [5.41, 5.74) is 2.99. The summed E-state index contributed by atoms with van der Waals surface area (Å²) in [4.78, 5) is 12.0. The smallest absolute Gasteiger partial charge is 0.254 e. The Morgan fingerprint density at radius 1 is 1.27 bits per heavy atom. The van der Waals surface area contributed by atoms with E-state index in [0.717, 1.165) is 19.4 Å². The van der Waals surface area contributed by atoms with Gasteiger partial charge in [0.15, 0.2) is 0 Å². The molecule has 0 aliphatic carbocycles. The number of carbonyl (C=O) groups excluding carboxylic acids is 1. The Bertz CT molecular complexity index is 604. The fraction of sp³-hybridized carbons (Fsp3) is 0.389. The molecule has 0 spiro atoms. The molecule has 1 aliphatic rings. The number of rotatable bonds is 4. The Morgan fingerprint density at radius 2 is 2.09 bits per heavy atom. The lowest BCUT2D eigenvalue weighted by molar-refractivity contribution is -0.0272. The van der Waals surface area contributed by atoms with Crippen molar-refractivity contribution in [2.24, 2.45) is 5.92 Å². The summed E-state index contributed by atoms with van der Waals surface area (Å²) in [6.07, 6.45) is 5.12. The minimum atomic E-state index is -0.0954. The minimum absolute atomic E-state index is 0.0546. The van der Waals surface area contributed by atoms with Gasteiger partial charge in [0.05, 0.1) is 17.9 Å². The molecule has 1 saturated heterocycles. The Morgan fingerprint density at radius 3 is 2.82 bits per heavy atom. The van der Waals surface area contributed by atoms with Gasteiger partial charge in [-0.1, -0.05) is 29.8 Å². The van der Waals surface area contributed by atoms with Crippen LogP contribution in [0.4, 0.5) is 0 Å². The summed E-state index contributed by atoms with van der Waals surface area (Å²) in [5.74, 6) is 0.203. The highest BCUT2D eigenvalue weighted by Gasteiger charge is 2.27. The Labute approximate surface area is 130 Å². The number of carbonyl (C=O) groups is 1. The lowest BCUT2D eigenvalue weighted by Crippen LogP contribution is -2.35. The summed E-state index contributed by atoms with van der Waals surface area (Å²) >= 11 is 0. The topological polar surface area (TPSA) is 51.5 Å². The van der Waals surface area contributed by atoms with Crippen molar-refractivity contribution < 1.29 is 13.9 Å². The summed E-state index contributed by atoms with van der Waals surface area (Å²) in [6, 6.07) is 10.1. The summed E-state index contributed by atoms with van der Waals surface area (Å²) in [6.45, 7) is 3.47. The van der Waals surface area contributed by atoms with Gasteiger partial charge in [0.25, 0.3) is 5.91 Å². The van der Waals surface area contributed by atoms with E-state index in [2.05, 4.69) is 36.5 Å². The average molecular weight is 299 g/mol. The van der Waals surface area contributed by atoms with Gasteiger partial charge >= 0.3 is 0 Å². The third kappa shape index (κ3) is 3.39. The predicted molar refractivity (Wildman–Crippen MR) is 83.6 cm³/mol. The predicted octanol–water partition coefficient (Wildman–Crippen LogP) is 3.49. The summed E-state index contributed by atoms with van der Waals surface area (Å²) < 4.78 is 10.9. The van der Waals surface area contributed by atoms with Gasteiger partial charge in [0, 0.05) is 19.1 Å². The molecular weight excluding hydrogens is 278 g/mol. The van der Waals surface area contributed by atoms with E-state index >= 15 is 0 Å². The van der Waals surface area contributed by atoms with Crippen LogP contribution in [0.1, 0.15) is 40.4 Å². The fourth-order valence-corrected chi connectivity index (χ4v) is 2.90. The Balaban J connectivity index is 1.65. The highest BCUT2D eigenvalue weighted by atomic mass is 16.5. The van der Waals surface area contributed by atoms with Crippen molar-refractivity contribution in [1.82, 2.24) is 5.32 Å². The third-order valence-electron chi connectivity index (χ3n) is 4.16. The fourth-order valence-electron chi connectivity index (χ4n) is 2.90. The van der Waals surface area contributed by atoms with E-state index in [4.69, 9.17) is 9.15 Å². The molecule has 22 heavy (non-hydrogen) atoms. The van der Waals surface area contributed by atoms with E-state index in [1.54, 1.807) is 6.07 Å². The van der Waals surface area contributed by atoms with Crippen LogP contribution in [-0.2, 0) is 4.74 Å². The second-order valence-corrected chi connectivity index (χ2v) is 5.83. The van der Waals surface area contributed by atoms with Crippen LogP contribution in [0.15, 0.2) is 47.3 Å². The van der Waals surface area contributed by atoms with Gasteiger partial charge in [-0.15, -0.1) is 0 Å². The van der Waals surface area contributed by atoms with Crippen LogP contribution < -0.4 is 5.32 Å². The van der Waals surface area contributed by atoms with E-state index < -0.39 is 0 Å². The molecule has 1 aliphatic heterocycles. The molecule has 1 aromatic heterocycles. The molecule has 1 N–H and O–H groups in total. The van der Waals surface area contributed by atoms with Gasteiger partial charge in [-0.25, -0.2) is 0 Å². The second-order valence-electron chi connectivity index (χ2n) is 5.83. The number of hydrogen-bond donors (Lipinski definition) is 1. The molecule has 3 rings (SSSR count). The van der Waals surface area contributed by atoms with Crippen molar-refractivity contribution >= 4 is 5.91 Å². The number of aryl methyl sites for hydroxylation is 1. The molecule has 0 saturated carbocycles. The van der Waals surface area contributed by atoms with E-state index in [9.17, 15) is 4.79 Å². The van der Waals surface area contributed by atoms with Gasteiger partial charge in [-0.3, -0.25) is 4.79 Å². The first kappa shape index (κ1) is 14.9. The molecule has 1 aromatic carbocycles. The lowest BCUT2D eigenvalue weighted by atomic mass is 9.89. The van der Waals surface area contributed by atoms with Crippen molar-refractivity contribution in [3.63, 3.8) is 0 Å². The zero-order valence-corrected chi connectivity index (χ0v) is 12.7. The molecular formula is C18H21NO3. The number of benzene rings is 1. The Kier molecular flexibility index (Phi) is 4.59. The largest absolute Gasteiger partial charge is 0.472 e. The monoisotopic (exact) mass is 299 g/mol. The number of hydrogen-bond acceptors (Lipinski definition) is 3. The second kappa shape index (κ2) is 6.79. The molecule has 1 amide bonds. The molecule has 4 heteroatoms. The van der Waals surface area contributed by atoms with Crippen LogP contribution >= 0.6 is 0 Å². The molecule has 116 valence electrons. The van der Waals surface area contributed by atoms with Gasteiger partial charge in [0.1, 0.15) is 6.26 Å². The first-order valence-corrected chi connectivity index (χ1v) is 7.72. The maximum Gasteiger partial charge on any atom is 0.254 e. The summed E-state index contributed by atoms with van der Waals surface area (Å²) in [7, 11) is 0. The van der Waals surface area contributed by atoms with E-state index in [1.165, 1.54) is 23.7 Å². The van der Waals surface area contributed by atoms with E-state index in [-0.39, 0.29) is 12.0 Å². The SMILES string of the molecule is Cc1ccc([C@@H]2OCCC[C@H]2CNC(=O)c2ccoc2)cc1. The minimum Gasteiger partial charge on any atom is -0.472 e. The molecule has 1 fully saturated rings. The van der Waals surface area contributed by atoms with E-state index in [1.807, 2.05) is 0 Å². The zero-order chi connectivity index (χ0) is 15.4. The van der Waals surface area contributed by atoms with Gasteiger partial charge in [-0.05, 0) is 31.4 Å². The molecule has 0 unspecified atom stereocenters. The van der Waals surface area contributed by atoms with Gasteiger partial charge < -0.3 is 14.5 Å². The molecule has 0 bridgehead atoms. The van der Waals surface area contributed by atoms with Crippen molar-refractivity contribution in [3.8, 4) is 0 Å². The average Bonchev–Trinajstić information content (AvgIpc) is 3.08. The normalized spacial score (nSPS) is 21.5. The first-order chi connectivity index (χ1) is 10.7. The van der Waals surface area contributed by atoms with Gasteiger partial charge in [0.2, 0.25) is 0 Å². The first-order valence-electron chi connectivity index (χ1n) is 7.72. The maximum atomic E-state index is 12.0. The van der Waals surface area contributed by atoms with Crippen molar-refractivity contribution in [3.05, 3.63) is 59.5 Å². The van der Waals surface area contributed by atoms with Crippen molar-refractivity contribution in [1.29, 1.82) is 0 Å². The van der Waals surface area contributed by atoms with Crippen molar-refractivity contribution in [2.45, 2.75) is 25.9 Å². The van der Waals surface area contributed by atoms with Crippen LogP contribution in [0, 0.1) is 12.8 Å². The van der Waals surface area contributed by atoms with Crippen LogP contribution in [0.3, 0.4) is 0 Å². The van der Waals surface area contributed by atoms with Crippen LogP contribution in [0.25, 0.3) is 0 Å². The number of amides is 1. The lowest BCUT2D eigenvalue weighted by Gasteiger charge is -2.32. The molecule has 2 heterocycles. The zero-order valence-electron chi connectivity index (χ0n) is 12.7. The Hall–Kier alpha value is -2.07. The molecule has 4 nitrogen and oxygen atoms in total. The third-order valence-corrected chi connectivity index (χ3v) is 4.16. The summed E-state index contributed by atoms with van der Waals surface area (Å²) in [5, 5.41) is 2.99. The van der Waals surface area contributed by atoms with Crippen LogP contribution in [0.2, 0.25) is 0 Å². The highest BCUT2D eigenvalue weighted by Crippen LogP contribution is 2.33. The number of ether oxygens (including phenoxy) is 1. The van der Waals surface area contributed by atoms with Crippen LogP contribution in [0.5, 0.6) is 0 Å². The van der Waals surface area contributed by atoms with Crippen LogP contribution in [-0.4, -0.2) is 19.1 Å². The van der Waals surface area contributed by atoms with Crippen molar-refractivity contribution in [2.75, 3.05) is 13.2 Å². The standard InChI is InChI=1S/C18H21NO3/c1-13-4-6-14(7-5-13)17-15(3-2-9-22-17)11-19-18(20)16-8-10-21-12-16/h4-8,10,12,15,17H,2-3,9,11H2,1H3,(H,19,20)/t15-,17-/m0/s1.